The van der Waals surface area contributed by atoms with Gasteiger partial charge in [-0.05, 0) is 58.3 Å². The standard InChI is InChI=1S/C22H17F2N3O2S/c1-29-21-15(22(28)25-11-14-8-9-30-12-14)4-7-19-20(21)18(26-27-19)6-3-13-2-5-16(23)17(24)10-13/h2-10,12H,11H2,1H3,(H,25,28)(H,26,27). The third-order valence-corrected chi connectivity index (χ3v) is 5.30. The number of aromatic amines is 1. The van der Waals surface area contributed by atoms with Gasteiger partial charge in [-0.25, -0.2) is 8.78 Å². The first-order valence-electron chi connectivity index (χ1n) is 9.04. The molecule has 0 radical (unpaired) electrons. The van der Waals surface area contributed by atoms with E-state index in [-0.39, 0.29) is 5.91 Å². The second-order valence-electron chi connectivity index (χ2n) is 6.50. The lowest BCUT2D eigenvalue weighted by Gasteiger charge is -2.10. The summed E-state index contributed by atoms with van der Waals surface area (Å²) in [6.45, 7) is 0.414. The number of fused-ring (bicyclic) bond motifs is 1. The van der Waals surface area contributed by atoms with Crippen LogP contribution in [0.25, 0.3) is 23.1 Å². The Morgan fingerprint density at radius 3 is 2.80 bits per heavy atom. The molecular formula is C22H17F2N3O2S. The summed E-state index contributed by atoms with van der Waals surface area (Å²) >= 11 is 1.56. The summed E-state index contributed by atoms with van der Waals surface area (Å²) in [7, 11) is 1.49. The minimum Gasteiger partial charge on any atom is -0.495 e. The van der Waals surface area contributed by atoms with Crippen LogP contribution >= 0.6 is 11.3 Å². The molecule has 0 spiro atoms. The van der Waals surface area contributed by atoms with E-state index >= 15 is 0 Å². The van der Waals surface area contributed by atoms with Crippen molar-refractivity contribution < 1.29 is 18.3 Å². The molecule has 0 aliphatic rings. The minimum absolute atomic E-state index is 0.267. The lowest BCUT2D eigenvalue weighted by Crippen LogP contribution is -2.23. The minimum atomic E-state index is -0.925. The van der Waals surface area contributed by atoms with E-state index < -0.39 is 11.6 Å². The zero-order valence-electron chi connectivity index (χ0n) is 15.9. The van der Waals surface area contributed by atoms with Crippen LogP contribution in [-0.4, -0.2) is 23.2 Å². The number of methoxy groups -OCH3 is 1. The Morgan fingerprint density at radius 1 is 1.20 bits per heavy atom. The molecule has 0 aliphatic carbocycles. The number of ether oxygens (including phenoxy) is 1. The molecule has 4 rings (SSSR count). The Bertz CT molecular complexity index is 1230. The van der Waals surface area contributed by atoms with E-state index in [9.17, 15) is 13.6 Å². The lowest BCUT2D eigenvalue weighted by atomic mass is 10.1. The number of amides is 1. The molecule has 152 valence electrons. The summed E-state index contributed by atoms with van der Waals surface area (Å²) in [6, 6.07) is 8.99. The first-order valence-corrected chi connectivity index (χ1v) is 9.98. The zero-order chi connectivity index (χ0) is 21.1. The number of aromatic nitrogens is 2. The number of thiophene rings is 1. The summed E-state index contributed by atoms with van der Waals surface area (Å²) in [5, 5.41) is 14.6. The fourth-order valence-electron chi connectivity index (χ4n) is 3.08. The summed E-state index contributed by atoms with van der Waals surface area (Å²) in [5.74, 6) is -1.71. The van der Waals surface area contributed by atoms with Gasteiger partial charge in [0.05, 0.1) is 29.3 Å². The highest BCUT2D eigenvalue weighted by molar-refractivity contribution is 7.07. The Kier molecular flexibility index (Phi) is 5.58. The topological polar surface area (TPSA) is 67.0 Å². The van der Waals surface area contributed by atoms with Crippen molar-refractivity contribution in [2.75, 3.05) is 7.11 Å². The predicted octanol–water partition coefficient (Wildman–Crippen LogP) is 5.01. The molecule has 0 fully saturated rings. The van der Waals surface area contributed by atoms with Gasteiger partial charge in [-0.15, -0.1) is 0 Å². The average molecular weight is 425 g/mol. The SMILES string of the molecule is COc1c(C(=O)NCc2ccsc2)ccc2[nH]nc(C=Cc3ccc(F)c(F)c3)c12. The molecule has 30 heavy (non-hydrogen) atoms. The van der Waals surface area contributed by atoms with Gasteiger partial charge in [0.2, 0.25) is 0 Å². The van der Waals surface area contributed by atoms with Gasteiger partial charge in [-0.2, -0.15) is 16.4 Å². The Labute approximate surface area is 175 Å². The normalized spacial score (nSPS) is 11.3. The number of H-pyrrole nitrogens is 1. The van der Waals surface area contributed by atoms with Gasteiger partial charge in [0.15, 0.2) is 11.6 Å². The highest BCUT2D eigenvalue weighted by Gasteiger charge is 2.18. The third-order valence-electron chi connectivity index (χ3n) is 4.57. The van der Waals surface area contributed by atoms with Crippen molar-refractivity contribution in [1.82, 2.24) is 15.5 Å². The molecule has 0 saturated carbocycles. The van der Waals surface area contributed by atoms with Crippen LogP contribution in [-0.2, 0) is 6.54 Å². The lowest BCUT2D eigenvalue weighted by molar-refractivity contribution is 0.0948. The van der Waals surface area contributed by atoms with Crippen molar-refractivity contribution in [2.45, 2.75) is 6.54 Å². The van der Waals surface area contributed by atoms with Gasteiger partial charge >= 0.3 is 0 Å². The van der Waals surface area contributed by atoms with Crippen LogP contribution < -0.4 is 10.1 Å². The molecule has 2 N–H and O–H groups in total. The maximum atomic E-state index is 13.4. The molecule has 0 unspecified atom stereocenters. The van der Waals surface area contributed by atoms with Crippen LogP contribution in [0.2, 0.25) is 0 Å². The number of hydrogen-bond donors (Lipinski definition) is 2. The summed E-state index contributed by atoms with van der Waals surface area (Å²) in [4.78, 5) is 12.7. The number of carbonyl (C=O) groups excluding carboxylic acids is 1. The molecule has 5 nitrogen and oxygen atoms in total. The highest BCUT2D eigenvalue weighted by atomic mass is 32.1. The monoisotopic (exact) mass is 425 g/mol. The van der Waals surface area contributed by atoms with Gasteiger partial charge in [-0.3, -0.25) is 9.89 Å². The molecule has 2 heterocycles. The number of nitrogens with zero attached hydrogens (tertiary/aromatic N) is 1. The van der Waals surface area contributed by atoms with E-state index in [1.54, 1.807) is 35.6 Å². The fraction of sp³-hybridized carbons (Fsp3) is 0.0909. The van der Waals surface area contributed by atoms with Gasteiger partial charge in [0, 0.05) is 6.54 Å². The Morgan fingerprint density at radius 2 is 2.07 bits per heavy atom. The Balaban J connectivity index is 1.66. The third kappa shape index (κ3) is 3.95. The van der Waals surface area contributed by atoms with Gasteiger partial charge in [0.25, 0.3) is 5.91 Å². The van der Waals surface area contributed by atoms with Gasteiger partial charge in [0.1, 0.15) is 5.75 Å². The number of hydrogen-bond acceptors (Lipinski definition) is 4. The maximum Gasteiger partial charge on any atom is 0.255 e. The maximum absolute atomic E-state index is 13.4. The second-order valence-corrected chi connectivity index (χ2v) is 7.28. The molecule has 1 amide bonds. The molecule has 4 aromatic rings. The van der Waals surface area contributed by atoms with Crippen molar-refractivity contribution in [3.8, 4) is 5.75 Å². The zero-order valence-corrected chi connectivity index (χ0v) is 16.7. The van der Waals surface area contributed by atoms with E-state index in [1.165, 1.54) is 13.2 Å². The van der Waals surface area contributed by atoms with Crippen molar-refractivity contribution in [3.05, 3.63) is 81.2 Å². The highest BCUT2D eigenvalue weighted by Crippen LogP contribution is 2.32. The molecule has 0 atom stereocenters. The van der Waals surface area contributed by atoms with E-state index in [4.69, 9.17) is 4.74 Å². The van der Waals surface area contributed by atoms with Crippen LogP contribution in [0.3, 0.4) is 0 Å². The van der Waals surface area contributed by atoms with Crippen molar-refractivity contribution in [1.29, 1.82) is 0 Å². The number of benzene rings is 2. The average Bonchev–Trinajstić information content (AvgIpc) is 3.42. The molecule has 2 aromatic carbocycles. The number of carbonyl (C=O) groups is 1. The van der Waals surface area contributed by atoms with Crippen LogP contribution in [0.4, 0.5) is 8.78 Å². The van der Waals surface area contributed by atoms with Gasteiger partial charge < -0.3 is 10.1 Å². The van der Waals surface area contributed by atoms with Crippen LogP contribution in [0, 0.1) is 11.6 Å². The van der Waals surface area contributed by atoms with Crippen molar-refractivity contribution >= 4 is 40.3 Å². The summed E-state index contributed by atoms with van der Waals surface area (Å²) in [5.41, 5.74) is 3.08. The number of nitrogens with one attached hydrogen (secondary N) is 2. The largest absolute Gasteiger partial charge is 0.495 e. The molecule has 2 aromatic heterocycles. The van der Waals surface area contributed by atoms with Crippen LogP contribution in [0.5, 0.6) is 5.75 Å². The first-order chi connectivity index (χ1) is 14.6. The number of rotatable bonds is 6. The van der Waals surface area contributed by atoms with Crippen LogP contribution in [0.15, 0.2) is 47.2 Å². The second kappa shape index (κ2) is 8.46. The smallest absolute Gasteiger partial charge is 0.255 e. The molecule has 0 bridgehead atoms. The molecule has 0 aliphatic heterocycles. The van der Waals surface area contributed by atoms with E-state index in [2.05, 4.69) is 15.5 Å². The molecule has 0 saturated heterocycles. The van der Waals surface area contributed by atoms with Crippen LogP contribution in [0.1, 0.15) is 27.2 Å². The fourth-order valence-corrected chi connectivity index (χ4v) is 3.75. The number of halogens is 2. The summed E-state index contributed by atoms with van der Waals surface area (Å²) < 4.78 is 32.1. The van der Waals surface area contributed by atoms with E-state index in [1.807, 2.05) is 16.8 Å². The quantitative estimate of drug-likeness (QED) is 0.456. The van der Waals surface area contributed by atoms with E-state index in [0.717, 1.165) is 17.7 Å². The summed E-state index contributed by atoms with van der Waals surface area (Å²) in [6.07, 6.45) is 3.27. The Hall–Kier alpha value is -3.52. The van der Waals surface area contributed by atoms with E-state index in [0.29, 0.717) is 40.0 Å². The predicted molar refractivity (Wildman–Crippen MR) is 113 cm³/mol. The molecule has 8 heteroatoms. The first kappa shape index (κ1) is 19.8. The van der Waals surface area contributed by atoms with Gasteiger partial charge in [-0.1, -0.05) is 12.1 Å². The van der Waals surface area contributed by atoms with Crippen molar-refractivity contribution in [2.24, 2.45) is 0 Å². The molecular weight excluding hydrogens is 408 g/mol. The van der Waals surface area contributed by atoms with Crippen molar-refractivity contribution in [3.63, 3.8) is 0 Å².